The fourth-order valence-electron chi connectivity index (χ4n) is 2.11. The molecule has 1 saturated carbocycles. The van der Waals surface area contributed by atoms with Crippen molar-refractivity contribution in [1.29, 1.82) is 0 Å². The first-order chi connectivity index (χ1) is 11.5. The minimum Gasteiger partial charge on any atom is -0.348 e. The van der Waals surface area contributed by atoms with Crippen molar-refractivity contribution in [2.45, 2.75) is 30.3 Å². The topological polar surface area (TPSA) is 88.2 Å². The van der Waals surface area contributed by atoms with E-state index in [1.807, 2.05) is 6.07 Å². The Hall–Kier alpha value is -1.77. The standard InChI is InChI=1S/C16H16BrN3O3S/c17-15-6-5-13(24(22,23)20-12-3-4-12)8-14(15)16(21)19-10-11-2-1-7-18-9-11/h1-2,5-9,12,20H,3-4,10H2,(H,19,21). The van der Waals surface area contributed by atoms with Crippen molar-refractivity contribution in [3.63, 3.8) is 0 Å². The summed E-state index contributed by atoms with van der Waals surface area (Å²) in [6.45, 7) is 0.316. The van der Waals surface area contributed by atoms with Crippen molar-refractivity contribution >= 4 is 31.9 Å². The van der Waals surface area contributed by atoms with Crippen LogP contribution in [0.25, 0.3) is 0 Å². The lowest BCUT2D eigenvalue weighted by Gasteiger charge is -2.10. The minimum absolute atomic E-state index is 0.0153. The average molecular weight is 410 g/mol. The lowest BCUT2D eigenvalue weighted by molar-refractivity contribution is 0.0950. The van der Waals surface area contributed by atoms with Crippen LogP contribution in [0.15, 0.2) is 52.1 Å². The number of sulfonamides is 1. The highest BCUT2D eigenvalue weighted by atomic mass is 79.9. The van der Waals surface area contributed by atoms with Crippen molar-refractivity contribution < 1.29 is 13.2 Å². The summed E-state index contributed by atoms with van der Waals surface area (Å²) >= 11 is 3.30. The van der Waals surface area contributed by atoms with Gasteiger partial charge < -0.3 is 5.32 Å². The maximum atomic E-state index is 12.4. The molecular formula is C16H16BrN3O3S. The normalized spacial score (nSPS) is 14.4. The molecule has 24 heavy (non-hydrogen) atoms. The van der Waals surface area contributed by atoms with Crippen molar-refractivity contribution in [1.82, 2.24) is 15.0 Å². The van der Waals surface area contributed by atoms with Crippen molar-refractivity contribution in [2.75, 3.05) is 0 Å². The number of hydrogen-bond donors (Lipinski definition) is 2. The van der Waals surface area contributed by atoms with Gasteiger partial charge in [0.2, 0.25) is 10.0 Å². The molecule has 0 spiro atoms. The third-order valence-electron chi connectivity index (χ3n) is 3.57. The number of aromatic nitrogens is 1. The number of rotatable bonds is 6. The summed E-state index contributed by atoms with van der Waals surface area (Å²) in [5.74, 6) is -0.353. The number of halogens is 1. The Kier molecular flexibility index (Phi) is 4.98. The lowest BCUT2D eigenvalue weighted by atomic mass is 10.2. The Balaban J connectivity index is 1.76. The molecule has 1 aliphatic rings. The van der Waals surface area contributed by atoms with Crippen LogP contribution in [0.4, 0.5) is 0 Å². The zero-order chi connectivity index (χ0) is 17.2. The molecule has 0 radical (unpaired) electrons. The van der Waals surface area contributed by atoms with Gasteiger partial charge in [-0.1, -0.05) is 6.07 Å². The van der Waals surface area contributed by atoms with Crippen LogP contribution >= 0.6 is 15.9 Å². The van der Waals surface area contributed by atoms with Crippen molar-refractivity contribution in [3.8, 4) is 0 Å². The van der Waals surface area contributed by atoms with Crippen LogP contribution in [0.5, 0.6) is 0 Å². The van der Waals surface area contributed by atoms with Gasteiger partial charge in [0.05, 0.1) is 10.5 Å². The average Bonchev–Trinajstić information content (AvgIpc) is 3.37. The van der Waals surface area contributed by atoms with E-state index in [4.69, 9.17) is 0 Å². The van der Waals surface area contributed by atoms with E-state index in [2.05, 4.69) is 31.0 Å². The molecule has 1 aromatic heterocycles. The van der Waals surface area contributed by atoms with Crippen molar-refractivity contribution in [3.05, 3.63) is 58.3 Å². The first kappa shape index (κ1) is 17.1. The molecule has 2 N–H and O–H groups in total. The van der Waals surface area contributed by atoms with Crippen LogP contribution in [0.2, 0.25) is 0 Å². The first-order valence-electron chi connectivity index (χ1n) is 7.45. The van der Waals surface area contributed by atoms with Crippen LogP contribution in [0.1, 0.15) is 28.8 Å². The SMILES string of the molecule is O=C(NCc1cccnc1)c1cc(S(=O)(=O)NC2CC2)ccc1Br. The summed E-state index contributed by atoms with van der Waals surface area (Å²) in [6, 6.07) is 8.08. The maximum Gasteiger partial charge on any atom is 0.252 e. The lowest BCUT2D eigenvalue weighted by Crippen LogP contribution is -2.27. The largest absolute Gasteiger partial charge is 0.348 e. The number of carbonyl (C=O) groups excluding carboxylic acids is 1. The first-order valence-corrected chi connectivity index (χ1v) is 9.72. The Morgan fingerprint density at radius 3 is 2.75 bits per heavy atom. The fourth-order valence-corrected chi connectivity index (χ4v) is 3.87. The van der Waals surface area contributed by atoms with E-state index in [1.54, 1.807) is 24.5 Å². The number of benzene rings is 1. The molecule has 0 saturated heterocycles. The second kappa shape index (κ2) is 7.00. The van der Waals surface area contributed by atoms with E-state index >= 15 is 0 Å². The van der Waals surface area contributed by atoms with E-state index < -0.39 is 10.0 Å². The van der Waals surface area contributed by atoms with Gasteiger partial charge in [0, 0.05) is 29.5 Å². The number of amides is 1. The molecule has 0 aliphatic heterocycles. The van der Waals surface area contributed by atoms with E-state index in [-0.39, 0.29) is 22.4 Å². The summed E-state index contributed by atoms with van der Waals surface area (Å²) in [5, 5.41) is 2.76. The highest BCUT2D eigenvalue weighted by Crippen LogP contribution is 2.25. The van der Waals surface area contributed by atoms with Gasteiger partial charge in [-0.15, -0.1) is 0 Å². The number of pyridine rings is 1. The van der Waals surface area contributed by atoms with Gasteiger partial charge in [0.15, 0.2) is 0 Å². The van der Waals surface area contributed by atoms with Gasteiger partial charge in [0.1, 0.15) is 0 Å². The molecule has 6 nitrogen and oxygen atoms in total. The highest BCUT2D eigenvalue weighted by molar-refractivity contribution is 9.10. The Morgan fingerprint density at radius 2 is 2.08 bits per heavy atom. The molecular weight excluding hydrogens is 394 g/mol. The number of hydrogen-bond acceptors (Lipinski definition) is 4. The van der Waals surface area contributed by atoms with E-state index in [9.17, 15) is 13.2 Å². The van der Waals surface area contributed by atoms with Gasteiger partial charge >= 0.3 is 0 Å². The van der Waals surface area contributed by atoms with E-state index in [1.165, 1.54) is 12.1 Å². The van der Waals surface area contributed by atoms with Gasteiger partial charge in [0.25, 0.3) is 5.91 Å². The molecule has 126 valence electrons. The summed E-state index contributed by atoms with van der Waals surface area (Å²) < 4.78 is 27.7. The molecule has 1 aromatic carbocycles. The Labute approximate surface area is 148 Å². The van der Waals surface area contributed by atoms with Gasteiger partial charge in [-0.2, -0.15) is 0 Å². The zero-order valence-electron chi connectivity index (χ0n) is 12.7. The smallest absolute Gasteiger partial charge is 0.252 e. The van der Waals surface area contributed by atoms with Crippen molar-refractivity contribution in [2.24, 2.45) is 0 Å². The number of nitrogens with one attached hydrogen (secondary N) is 2. The molecule has 1 fully saturated rings. The highest BCUT2D eigenvalue weighted by Gasteiger charge is 2.28. The second-order valence-electron chi connectivity index (χ2n) is 5.58. The Bertz CT molecular complexity index is 852. The van der Waals surface area contributed by atoms with Crippen LogP contribution in [0, 0.1) is 0 Å². The van der Waals surface area contributed by atoms with Gasteiger partial charge in [-0.05, 0) is 58.6 Å². The molecule has 0 unspecified atom stereocenters. The maximum absolute atomic E-state index is 12.4. The van der Waals surface area contributed by atoms with Crippen LogP contribution in [-0.2, 0) is 16.6 Å². The van der Waals surface area contributed by atoms with E-state index in [0.29, 0.717) is 11.0 Å². The summed E-state index contributed by atoms with van der Waals surface area (Å²) in [4.78, 5) is 16.4. The van der Waals surface area contributed by atoms with Gasteiger partial charge in [-0.3, -0.25) is 9.78 Å². The number of nitrogens with zero attached hydrogens (tertiary/aromatic N) is 1. The molecule has 0 atom stereocenters. The predicted molar refractivity (Wildman–Crippen MR) is 92.9 cm³/mol. The zero-order valence-corrected chi connectivity index (χ0v) is 15.1. The van der Waals surface area contributed by atoms with Crippen LogP contribution < -0.4 is 10.0 Å². The predicted octanol–water partition coefficient (Wildman–Crippen LogP) is 2.21. The quantitative estimate of drug-likeness (QED) is 0.765. The van der Waals surface area contributed by atoms with Crippen LogP contribution in [0.3, 0.4) is 0 Å². The molecule has 3 rings (SSSR count). The molecule has 1 heterocycles. The summed E-state index contributed by atoms with van der Waals surface area (Å²) in [7, 11) is -3.60. The van der Waals surface area contributed by atoms with Crippen LogP contribution in [-0.4, -0.2) is 25.4 Å². The van der Waals surface area contributed by atoms with Gasteiger partial charge in [-0.25, -0.2) is 13.1 Å². The fraction of sp³-hybridized carbons (Fsp3) is 0.250. The monoisotopic (exact) mass is 409 g/mol. The third-order valence-corrected chi connectivity index (χ3v) is 5.78. The van der Waals surface area contributed by atoms with E-state index in [0.717, 1.165) is 18.4 Å². The second-order valence-corrected chi connectivity index (χ2v) is 8.15. The summed E-state index contributed by atoms with van der Waals surface area (Å²) in [5.41, 5.74) is 1.14. The molecule has 1 aliphatic carbocycles. The summed E-state index contributed by atoms with van der Waals surface area (Å²) in [6.07, 6.45) is 5.03. The molecule has 2 aromatic rings. The molecule has 1 amide bonds. The molecule has 8 heteroatoms. The minimum atomic E-state index is -3.60. The Morgan fingerprint density at radius 1 is 1.29 bits per heavy atom. The molecule has 0 bridgehead atoms. The number of carbonyl (C=O) groups is 1. The third kappa shape index (κ3) is 4.19.